The molecule has 0 bridgehead atoms. The summed E-state index contributed by atoms with van der Waals surface area (Å²) in [6.45, 7) is 3.43. The molecule has 1 aliphatic heterocycles. The normalized spacial score (nSPS) is 41.1. The van der Waals surface area contributed by atoms with Gasteiger partial charge in [-0.1, -0.05) is 19.8 Å². The van der Waals surface area contributed by atoms with Crippen LogP contribution in [0.25, 0.3) is 0 Å². The zero-order valence-corrected chi connectivity index (χ0v) is 9.21. The highest BCUT2D eigenvalue weighted by atomic mass is 16.3. The third-order valence-electron chi connectivity index (χ3n) is 4.05. The van der Waals surface area contributed by atoms with E-state index >= 15 is 0 Å². The highest BCUT2D eigenvalue weighted by Crippen LogP contribution is 2.32. The molecule has 0 aromatic rings. The molecule has 1 saturated heterocycles. The molecule has 82 valence electrons. The van der Waals surface area contributed by atoms with Crippen LogP contribution in [0.4, 0.5) is 0 Å². The van der Waals surface area contributed by atoms with Gasteiger partial charge in [0.2, 0.25) is 0 Å². The van der Waals surface area contributed by atoms with Gasteiger partial charge in [-0.3, -0.25) is 0 Å². The monoisotopic (exact) mass is 197 g/mol. The minimum Gasteiger partial charge on any atom is -0.391 e. The Morgan fingerprint density at radius 2 is 1.86 bits per heavy atom. The predicted octanol–water partition coefficient (Wildman–Crippen LogP) is 1.93. The van der Waals surface area contributed by atoms with Gasteiger partial charge in [-0.05, 0) is 44.1 Å². The molecule has 0 amide bonds. The standard InChI is InChI=1S/C12H23NO/c1-9-4-6-10(7-5-9)12(14)11-3-2-8-13-11/h9-14H,2-8H2,1H3. The van der Waals surface area contributed by atoms with Crippen molar-refractivity contribution in [2.45, 2.75) is 57.6 Å². The van der Waals surface area contributed by atoms with Gasteiger partial charge in [0.05, 0.1) is 6.10 Å². The van der Waals surface area contributed by atoms with E-state index in [1.165, 1.54) is 38.5 Å². The van der Waals surface area contributed by atoms with Crippen LogP contribution in [0.3, 0.4) is 0 Å². The number of aliphatic hydroxyl groups excluding tert-OH is 1. The van der Waals surface area contributed by atoms with Crippen LogP contribution in [0, 0.1) is 11.8 Å². The summed E-state index contributed by atoms with van der Waals surface area (Å²) in [6, 6.07) is 0.397. The van der Waals surface area contributed by atoms with Crippen molar-refractivity contribution in [1.29, 1.82) is 0 Å². The minimum atomic E-state index is -0.0787. The average molecular weight is 197 g/mol. The molecule has 2 nitrogen and oxygen atoms in total. The van der Waals surface area contributed by atoms with Crippen LogP contribution >= 0.6 is 0 Å². The summed E-state index contributed by atoms with van der Waals surface area (Å²) >= 11 is 0. The van der Waals surface area contributed by atoms with E-state index in [0.717, 1.165) is 12.5 Å². The maximum atomic E-state index is 10.2. The molecule has 0 radical (unpaired) electrons. The van der Waals surface area contributed by atoms with Crippen molar-refractivity contribution in [3.8, 4) is 0 Å². The van der Waals surface area contributed by atoms with Crippen molar-refractivity contribution in [2.24, 2.45) is 11.8 Å². The topological polar surface area (TPSA) is 32.3 Å². The number of rotatable bonds is 2. The van der Waals surface area contributed by atoms with Gasteiger partial charge >= 0.3 is 0 Å². The molecule has 2 atom stereocenters. The van der Waals surface area contributed by atoms with Crippen molar-refractivity contribution in [2.75, 3.05) is 6.54 Å². The summed E-state index contributed by atoms with van der Waals surface area (Å²) in [4.78, 5) is 0. The van der Waals surface area contributed by atoms with E-state index in [0.29, 0.717) is 12.0 Å². The van der Waals surface area contributed by atoms with Gasteiger partial charge in [0.25, 0.3) is 0 Å². The molecule has 2 heteroatoms. The van der Waals surface area contributed by atoms with Crippen molar-refractivity contribution in [1.82, 2.24) is 5.32 Å². The van der Waals surface area contributed by atoms with E-state index in [1.807, 2.05) is 0 Å². The molecule has 2 aliphatic rings. The van der Waals surface area contributed by atoms with Crippen LogP contribution in [0.5, 0.6) is 0 Å². The Hall–Kier alpha value is -0.0800. The van der Waals surface area contributed by atoms with Crippen LogP contribution in [-0.4, -0.2) is 23.8 Å². The van der Waals surface area contributed by atoms with Crippen LogP contribution in [0.2, 0.25) is 0 Å². The minimum absolute atomic E-state index is 0.0787. The van der Waals surface area contributed by atoms with Gasteiger partial charge in [-0.2, -0.15) is 0 Å². The molecule has 1 aliphatic carbocycles. The maximum Gasteiger partial charge on any atom is 0.0721 e. The maximum absolute atomic E-state index is 10.2. The molecular formula is C12H23NO. The smallest absolute Gasteiger partial charge is 0.0721 e. The first-order valence-electron chi connectivity index (χ1n) is 6.19. The molecule has 2 unspecified atom stereocenters. The van der Waals surface area contributed by atoms with E-state index in [1.54, 1.807) is 0 Å². The first kappa shape index (κ1) is 10.4. The van der Waals surface area contributed by atoms with E-state index in [4.69, 9.17) is 0 Å². The number of hydrogen-bond donors (Lipinski definition) is 2. The SMILES string of the molecule is CC1CCC(C(O)C2CCCN2)CC1. The van der Waals surface area contributed by atoms with Gasteiger partial charge in [-0.15, -0.1) is 0 Å². The molecule has 1 saturated carbocycles. The van der Waals surface area contributed by atoms with Crippen molar-refractivity contribution < 1.29 is 5.11 Å². The first-order valence-corrected chi connectivity index (χ1v) is 6.19. The van der Waals surface area contributed by atoms with Crippen LogP contribution < -0.4 is 5.32 Å². The lowest BCUT2D eigenvalue weighted by Gasteiger charge is -2.32. The summed E-state index contributed by atoms with van der Waals surface area (Å²) in [6.07, 6.45) is 7.44. The fourth-order valence-electron chi connectivity index (χ4n) is 2.96. The third-order valence-corrected chi connectivity index (χ3v) is 4.05. The second-order valence-electron chi connectivity index (χ2n) is 5.21. The summed E-state index contributed by atoms with van der Waals surface area (Å²) in [5.41, 5.74) is 0. The van der Waals surface area contributed by atoms with E-state index < -0.39 is 0 Å². The van der Waals surface area contributed by atoms with Crippen molar-refractivity contribution in [3.63, 3.8) is 0 Å². The van der Waals surface area contributed by atoms with Gasteiger partial charge in [0, 0.05) is 6.04 Å². The second-order valence-corrected chi connectivity index (χ2v) is 5.21. The highest BCUT2D eigenvalue weighted by molar-refractivity contribution is 4.87. The quantitative estimate of drug-likeness (QED) is 0.709. The molecule has 0 spiro atoms. The number of nitrogens with one attached hydrogen (secondary N) is 1. The Kier molecular flexibility index (Phi) is 3.45. The Morgan fingerprint density at radius 1 is 1.14 bits per heavy atom. The summed E-state index contributed by atoms with van der Waals surface area (Å²) in [5.74, 6) is 1.46. The Morgan fingerprint density at radius 3 is 2.43 bits per heavy atom. The Bertz CT molecular complexity index is 169. The van der Waals surface area contributed by atoms with Gasteiger partial charge in [0.1, 0.15) is 0 Å². The summed E-state index contributed by atoms with van der Waals surface area (Å²) in [7, 11) is 0. The molecule has 0 aromatic heterocycles. The molecule has 1 heterocycles. The highest BCUT2D eigenvalue weighted by Gasteiger charge is 2.31. The summed E-state index contributed by atoms with van der Waals surface area (Å²) in [5, 5.41) is 13.6. The third kappa shape index (κ3) is 2.29. The van der Waals surface area contributed by atoms with Crippen LogP contribution in [-0.2, 0) is 0 Å². The van der Waals surface area contributed by atoms with Crippen molar-refractivity contribution >= 4 is 0 Å². The van der Waals surface area contributed by atoms with Crippen LogP contribution in [0.1, 0.15) is 45.4 Å². The summed E-state index contributed by atoms with van der Waals surface area (Å²) < 4.78 is 0. The van der Waals surface area contributed by atoms with E-state index in [9.17, 15) is 5.11 Å². The lowest BCUT2D eigenvalue weighted by atomic mass is 9.78. The second kappa shape index (κ2) is 4.63. The Labute approximate surface area is 87.1 Å². The molecular weight excluding hydrogens is 174 g/mol. The first-order chi connectivity index (χ1) is 6.77. The zero-order valence-electron chi connectivity index (χ0n) is 9.21. The predicted molar refractivity (Wildman–Crippen MR) is 58.2 cm³/mol. The molecule has 2 fully saturated rings. The molecule has 0 aromatic carbocycles. The molecule has 2 rings (SSSR count). The number of aliphatic hydroxyl groups is 1. The van der Waals surface area contributed by atoms with Gasteiger partial charge in [-0.25, -0.2) is 0 Å². The number of hydrogen-bond acceptors (Lipinski definition) is 2. The lowest BCUT2D eigenvalue weighted by molar-refractivity contribution is 0.0489. The van der Waals surface area contributed by atoms with E-state index in [2.05, 4.69) is 12.2 Å². The van der Waals surface area contributed by atoms with Gasteiger partial charge < -0.3 is 10.4 Å². The fourth-order valence-corrected chi connectivity index (χ4v) is 2.96. The van der Waals surface area contributed by atoms with Crippen molar-refractivity contribution in [3.05, 3.63) is 0 Å². The van der Waals surface area contributed by atoms with Gasteiger partial charge in [0.15, 0.2) is 0 Å². The lowest BCUT2D eigenvalue weighted by Crippen LogP contribution is -2.41. The molecule has 14 heavy (non-hydrogen) atoms. The Balaban J connectivity index is 1.82. The molecule has 2 N–H and O–H groups in total. The fraction of sp³-hybridized carbons (Fsp3) is 1.00. The average Bonchev–Trinajstić information content (AvgIpc) is 2.71. The van der Waals surface area contributed by atoms with E-state index in [-0.39, 0.29) is 6.10 Å². The van der Waals surface area contributed by atoms with Crippen LogP contribution in [0.15, 0.2) is 0 Å². The zero-order chi connectivity index (χ0) is 9.97. The largest absolute Gasteiger partial charge is 0.391 e.